The van der Waals surface area contributed by atoms with E-state index in [-0.39, 0.29) is 18.7 Å². The minimum Gasteiger partial charge on any atom is -0.480 e. The summed E-state index contributed by atoms with van der Waals surface area (Å²) < 4.78 is 10.7. The van der Waals surface area contributed by atoms with E-state index in [9.17, 15) is 18.9 Å². The molecule has 1 atom stereocenters. The summed E-state index contributed by atoms with van der Waals surface area (Å²) in [5, 5.41) is 9.43. The van der Waals surface area contributed by atoms with Crippen LogP contribution < -0.4 is 0 Å². The fourth-order valence-corrected chi connectivity index (χ4v) is 4.69. The van der Waals surface area contributed by atoms with Crippen molar-refractivity contribution in [3.05, 3.63) is 34.9 Å². The van der Waals surface area contributed by atoms with Crippen molar-refractivity contribution in [1.29, 1.82) is 0 Å². The second kappa shape index (κ2) is 6.07. The molecule has 6 heteroatoms. The van der Waals surface area contributed by atoms with Gasteiger partial charge in [-0.25, -0.2) is 0 Å². The minimum atomic E-state index is -1.45. The molecule has 1 saturated heterocycles. The van der Waals surface area contributed by atoms with Crippen LogP contribution in [0.1, 0.15) is 40.7 Å². The first-order valence-corrected chi connectivity index (χ1v) is 9.48. The highest BCUT2D eigenvalue weighted by atomic mass is 32.2. The molecule has 1 aromatic rings. The molecule has 2 aliphatic rings. The van der Waals surface area contributed by atoms with E-state index in [2.05, 4.69) is 6.07 Å². The number of likely N-dealkylation sites (tertiary alicyclic amines) is 1. The van der Waals surface area contributed by atoms with E-state index >= 15 is 0 Å². The van der Waals surface area contributed by atoms with Crippen LogP contribution in [0.4, 0.5) is 0 Å². The number of hydrogen-bond acceptors (Lipinski definition) is 3. The van der Waals surface area contributed by atoms with Crippen LogP contribution in [0.5, 0.6) is 0 Å². The first kappa shape index (κ1) is 16.2. The lowest BCUT2D eigenvalue weighted by Crippen LogP contribution is -2.53. The maximum Gasteiger partial charge on any atom is 0.322 e. The van der Waals surface area contributed by atoms with Gasteiger partial charge in [0, 0.05) is 35.7 Å². The van der Waals surface area contributed by atoms with Crippen molar-refractivity contribution in [3.63, 3.8) is 0 Å². The topological polar surface area (TPSA) is 74.7 Å². The molecular formula is C17H21NO4S. The van der Waals surface area contributed by atoms with Gasteiger partial charge in [0.05, 0.1) is 0 Å². The second-order valence-corrected chi connectivity index (χ2v) is 8.03. The molecule has 0 spiro atoms. The monoisotopic (exact) mass is 335 g/mol. The summed E-state index contributed by atoms with van der Waals surface area (Å²) in [6, 6.07) is 5.86. The van der Waals surface area contributed by atoms with Gasteiger partial charge in [-0.05, 0) is 49.3 Å². The molecule has 1 fully saturated rings. The number of carboxylic acids is 1. The Hall–Kier alpha value is -1.69. The largest absolute Gasteiger partial charge is 0.480 e. The van der Waals surface area contributed by atoms with Crippen LogP contribution in [0, 0.1) is 0 Å². The minimum absolute atomic E-state index is 0.0235. The number of carbonyl (C=O) groups is 2. The molecule has 1 N–H and O–H groups in total. The molecule has 1 aliphatic carbocycles. The Morgan fingerprint density at radius 1 is 1.22 bits per heavy atom. The third kappa shape index (κ3) is 2.69. The molecule has 0 unspecified atom stereocenters. The molecule has 3 rings (SSSR count). The van der Waals surface area contributed by atoms with Crippen LogP contribution in [0.3, 0.4) is 0 Å². The molecule has 124 valence electrons. The van der Waals surface area contributed by atoms with E-state index in [0.29, 0.717) is 13.1 Å². The van der Waals surface area contributed by atoms with Crippen molar-refractivity contribution in [3.8, 4) is 0 Å². The number of fused-ring (bicyclic) bond motifs is 1. The molecule has 23 heavy (non-hydrogen) atoms. The number of amides is 1. The average Bonchev–Trinajstić information content (AvgIpc) is 3.02. The van der Waals surface area contributed by atoms with Crippen molar-refractivity contribution in [2.45, 2.75) is 36.9 Å². The molecule has 0 radical (unpaired) electrons. The molecule has 1 aliphatic heterocycles. The number of carbonyl (C=O) groups excluding carboxylic acids is 1. The standard InChI is InChI=1S/C17H21NO4S/c1-23(22)17(16(20)21)8-10-18(11-9-17)15(19)14-7-3-5-12-4-2-6-13(12)14/h3,5,7H,2,4,6,8-11H2,1H3,(H,20,21)/t23-/m1/s1. The summed E-state index contributed by atoms with van der Waals surface area (Å²) in [4.78, 5) is 26.0. The lowest BCUT2D eigenvalue weighted by Gasteiger charge is -2.37. The van der Waals surface area contributed by atoms with Gasteiger partial charge in [-0.15, -0.1) is 0 Å². The van der Waals surface area contributed by atoms with Gasteiger partial charge in [-0.2, -0.15) is 0 Å². The number of aryl methyl sites for hydroxylation is 1. The quantitative estimate of drug-likeness (QED) is 0.911. The van der Waals surface area contributed by atoms with E-state index in [1.54, 1.807) is 4.90 Å². The van der Waals surface area contributed by atoms with E-state index in [4.69, 9.17) is 0 Å². The summed E-state index contributed by atoms with van der Waals surface area (Å²) in [5.74, 6) is -1.05. The van der Waals surface area contributed by atoms with Crippen LogP contribution in [0.15, 0.2) is 18.2 Å². The lowest BCUT2D eigenvalue weighted by atomic mass is 9.94. The molecule has 0 aromatic heterocycles. The fourth-order valence-electron chi connectivity index (χ4n) is 3.69. The zero-order chi connectivity index (χ0) is 16.6. The van der Waals surface area contributed by atoms with Crippen molar-refractivity contribution in [2.24, 2.45) is 0 Å². The Kier molecular flexibility index (Phi) is 4.27. The smallest absolute Gasteiger partial charge is 0.322 e. The summed E-state index contributed by atoms with van der Waals surface area (Å²) in [7, 11) is -1.45. The molecular weight excluding hydrogens is 314 g/mol. The summed E-state index contributed by atoms with van der Waals surface area (Å²) >= 11 is 0. The zero-order valence-corrected chi connectivity index (χ0v) is 14.0. The molecule has 1 amide bonds. The fraction of sp³-hybridized carbons (Fsp3) is 0.529. The van der Waals surface area contributed by atoms with Gasteiger partial charge < -0.3 is 10.0 Å². The highest BCUT2D eigenvalue weighted by Crippen LogP contribution is 2.31. The van der Waals surface area contributed by atoms with Gasteiger partial charge in [-0.3, -0.25) is 13.8 Å². The Morgan fingerprint density at radius 2 is 1.91 bits per heavy atom. The van der Waals surface area contributed by atoms with E-state index < -0.39 is 21.5 Å². The third-order valence-electron chi connectivity index (χ3n) is 5.17. The number of hydrogen-bond donors (Lipinski definition) is 1. The van der Waals surface area contributed by atoms with Gasteiger partial charge in [-0.1, -0.05) is 12.1 Å². The second-order valence-electron chi connectivity index (χ2n) is 6.34. The Balaban J connectivity index is 1.78. The third-order valence-corrected chi connectivity index (χ3v) is 6.86. The van der Waals surface area contributed by atoms with Gasteiger partial charge in [0.2, 0.25) is 0 Å². The lowest BCUT2D eigenvalue weighted by molar-refractivity contribution is -0.141. The highest BCUT2D eigenvalue weighted by Gasteiger charge is 2.46. The number of carboxylic acid groups (broad SMARTS) is 1. The Morgan fingerprint density at radius 3 is 2.52 bits per heavy atom. The zero-order valence-electron chi connectivity index (χ0n) is 13.2. The molecule has 1 heterocycles. The van der Waals surface area contributed by atoms with Gasteiger partial charge in [0.25, 0.3) is 5.91 Å². The number of aliphatic carboxylic acids is 1. The van der Waals surface area contributed by atoms with Crippen molar-refractivity contribution in [1.82, 2.24) is 4.90 Å². The first-order valence-electron chi connectivity index (χ1n) is 7.93. The maximum atomic E-state index is 12.8. The molecule has 1 aromatic carbocycles. The first-order chi connectivity index (χ1) is 11.0. The van der Waals surface area contributed by atoms with E-state index in [1.165, 1.54) is 11.8 Å². The van der Waals surface area contributed by atoms with Crippen molar-refractivity contribution >= 4 is 22.7 Å². The summed E-state index contributed by atoms with van der Waals surface area (Å²) in [6.45, 7) is 0.683. The number of piperidine rings is 1. The number of rotatable bonds is 3. The van der Waals surface area contributed by atoms with Gasteiger partial charge in [0.15, 0.2) is 0 Å². The molecule has 0 saturated carbocycles. The average molecular weight is 335 g/mol. The van der Waals surface area contributed by atoms with Gasteiger partial charge in [0.1, 0.15) is 4.75 Å². The van der Waals surface area contributed by atoms with Crippen molar-refractivity contribution in [2.75, 3.05) is 19.3 Å². The highest BCUT2D eigenvalue weighted by molar-refractivity contribution is 7.86. The van der Waals surface area contributed by atoms with Crippen LogP contribution in [0.2, 0.25) is 0 Å². The van der Waals surface area contributed by atoms with Crippen LogP contribution >= 0.6 is 0 Å². The maximum absolute atomic E-state index is 12.8. The van der Waals surface area contributed by atoms with Gasteiger partial charge >= 0.3 is 5.97 Å². The summed E-state index contributed by atoms with van der Waals surface area (Å²) in [5.41, 5.74) is 3.15. The Labute approximate surface area is 138 Å². The SMILES string of the molecule is C[S@@](=O)C1(C(=O)O)CCN(C(=O)c2cccc3c2CCC3)CC1. The summed E-state index contributed by atoms with van der Waals surface area (Å²) in [6.07, 6.45) is 4.96. The van der Waals surface area contributed by atoms with Crippen molar-refractivity contribution < 1.29 is 18.9 Å². The number of benzene rings is 1. The normalized spacial score (nSPS) is 20.8. The molecule has 0 bridgehead atoms. The van der Waals surface area contributed by atoms with Crippen LogP contribution in [0.25, 0.3) is 0 Å². The van der Waals surface area contributed by atoms with Crippen LogP contribution in [-0.4, -0.2) is 50.2 Å². The number of nitrogens with zero attached hydrogens (tertiary/aromatic N) is 1. The van der Waals surface area contributed by atoms with E-state index in [0.717, 1.165) is 30.4 Å². The van der Waals surface area contributed by atoms with Crippen LogP contribution in [-0.2, 0) is 28.4 Å². The van der Waals surface area contributed by atoms with E-state index in [1.807, 2.05) is 12.1 Å². The molecule has 5 nitrogen and oxygen atoms in total. The predicted molar refractivity (Wildman–Crippen MR) is 88.0 cm³/mol. The Bertz CT molecular complexity index is 661. The predicted octanol–water partition coefficient (Wildman–Crippen LogP) is 1.61.